The minimum atomic E-state index is -0.516. The highest BCUT2D eigenvalue weighted by atomic mass is 16.6. The molecule has 0 saturated heterocycles. The predicted molar refractivity (Wildman–Crippen MR) is 114 cm³/mol. The number of benzene rings is 2. The number of anilines is 1. The Bertz CT molecular complexity index is 850. The number of carbonyl (C=O) groups is 1. The molecule has 2 aromatic rings. The molecule has 7 heteroatoms. The van der Waals surface area contributed by atoms with Crippen LogP contribution < -0.4 is 15.4 Å². The van der Waals surface area contributed by atoms with Gasteiger partial charge in [0.25, 0.3) is 5.69 Å². The Kier molecular flexibility index (Phi) is 7.73. The van der Waals surface area contributed by atoms with Crippen molar-refractivity contribution in [1.82, 2.24) is 5.32 Å². The molecule has 0 saturated carbocycles. The largest absolute Gasteiger partial charge is 0.495 e. The lowest BCUT2D eigenvalue weighted by Crippen LogP contribution is -2.41. The summed E-state index contributed by atoms with van der Waals surface area (Å²) >= 11 is 0. The lowest BCUT2D eigenvalue weighted by Gasteiger charge is -2.27. The van der Waals surface area contributed by atoms with E-state index in [0.717, 1.165) is 12.0 Å². The van der Waals surface area contributed by atoms with Crippen molar-refractivity contribution >= 4 is 17.3 Å². The Morgan fingerprint density at radius 1 is 1.14 bits per heavy atom. The first-order chi connectivity index (χ1) is 13.8. The highest BCUT2D eigenvalue weighted by molar-refractivity contribution is 5.96. The molecule has 2 atom stereocenters. The molecule has 29 heavy (non-hydrogen) atoms. The number of amides is 1. The third kappa shape index (κ3) is 5.77. The van der Waals surface area contributed by atoms with Crippen LogP contribution in [0.25, 0.3) is 0 Å². The summed E-state index contributed by atoms with van der Waals surface area (Å²) in [6, 6.07) is 12.0. The lowest BCUT2D eigenvalue weighted by atomic mass is 9.94. The standard InChI is InChI=1S/C22H29N3O4/c1-6-16-7-9-17(10-8-16)21(14(2)3)23-15(4)22(26)24-19-13-18(25(27)28)11-12-20(19)29-5/h7-15,21,23H,6H2,1-5H3,(H,24,26)/t15-,21-/m1/s1. The van der Waals surface area contributed by atoms with Gasteiger partial charge in [0, 0.05) is 18.2 Å². The van der Waals surface area contributed by atoms with Gasteiger partial charge in [0.15, 0.2) is 0 Å². The Morgan fingerprint density at radius 2 is 1.79 bits per heavy atom. The number of hydrogen-bond donors (Lipinski definition) is 2. The number of rotatable bonds is 9. The van der Waals surface area contributed by atoms with E-state index in [1.54, 1.807) is 6.92 Å². The molecule has 0 aromatic heterocycles. The summed E-state index contributed by atoms with van der Waals surface area (Å²) in [4.78, 5) is 23.3. The molecular weight excluding hydrogens is 370 g/mol. The van der Waals surface area contributed by atoms with Gasteiger partial charge in [-0.1, -0.05) is 45.0 Å². The molecule has 0 aliphatic carbocycles. The van der Waals surface area contributed by atoms with Crippen LogP contribution in [0.15, 0.2) is 42.5 Å². The number of nitrogens with one attached hydrogen (secondary N) is 2. The van der Waals surface area contributed by atoms with Gasteiger partial charge in [0.05, 0.1) is 23.8 Å². The van der Waals surface area contributed by atoms with Gasteiger partial charge < -0.3 is 10.1 Å². The summed E-state index contributed by atoms with van der Waals surface area (Å²) < 4.78 is 5.21. The van der Waals surface area contributed by atoms with Gasteiger partial charge in [-0.15, -0.1) is 0 Å². The van der Waals surface area contributed by atoms with Crippen LogP contribution in [0, 0.1) is 16.0 Å². The highest BCUT2D eigenvalue weighted by Gasteiger charge is 2.23. The second-order valence-corrected chi connectivity index (χ2v) is 7.34. The third-order valence-electron chi connectivity index (χ3n) is 4.89. The molecule has 0 aliphatic heterocycles. The van der Waals surface area contributed by atoms with Crippen molar-refractivity contribution in [3.05, 3.63) is 63.7 Å². The van der Waals surface area contributed by atoms with Gasteiger partial charge in [0.1, 0.15) is 5.75 Å². The van der Waals surface area contributed by atoms with Crippen LogP contribution in [0.5, 0.6) is 5.75 Å². The number of carbonyl (C=O) groups excluding carboxylic acids is 1. The number of methoxy groups -OCH3 is 1. The number of nitro groups is 1. The smallest absolute Gasteiger partial charge is 0.271 e. The maximum Gasteiger partial charge on any atom is 0.271 e. The van der Waals surface area contributed by atoms with Gasteiger partial charge in [-0.3, -0.25) is 20.2 Å². The first-order valence-electron chi connectivity index (χ1n) is 9.75. The van der Waals surface area contributed by atoms with Gasteiger partial charge in [0.2, 0.25) is 5.91 Å². The van der Waals surface area contributed by atoms with Crippen molar-refractivity contribution in [1.29, 1.82) is 0 Å². The molecule has 2 aromatic carbocycles. The maximum absolute atomic E-state index is 12.8. The van der Waals surface area contributed by atoms with E-state index in [0.29, 0.717) is 5.75 Å². The molecule has 2 rings (SSSR count). The quantitative estimate of drug-likeness (QED) is 0.479. The molecule has 156 valence electrons. The summed E-state index contributed by atoms with van der Waals surface area (Å²) in [7, 11) is 1.45. The van der Waals surface area contributed by atoms with Crippen molar-refractivity contribution in [3.8, 4) is 5.75 Å². The number of hydrogen-bond acceptors (Lipinski definition) is 5. The predicted octanol–water partition coefficient (Wildman–Crippen LogP) is 4.48. The maximum atomic E-state index is 12.8. The highest BCUT2D eigenvalue weighted by Crippen LogP contribution is 2.29. The van der Waals surface area contributed by atoms with E-state index in [4.69, 9.17) is 4.74 Å². The SMILES string of the molecule is CCc1ccc([C@H](N[C@H](C)C(=O)Nc2cc([N+](=O)[O-])ccc2OC)C(C)C)cc1. The number of nitrogens with zero attached hydrogens (tertiary/aromatic N) is 1. The van der Waals surface area contributed by atoms with Crippen molar-refractivity contribution in [2.24, 2.45) is 5.92 Å². The summed E-state index contributed by atoms with van der Waals surface area (Å²) in [5.74, 6) is 0.344. The van der Waals surface area contributed by atoms with Crippen LogP contribution in [0.3, 0.4) is 0 Å². The Hall–Kier alpha value is -2.93. The zero-order valence-corrected chi connectivity index (χ0v) is 17.6. The number of aryl methyl sites for hydroxylation is 1. The Labute approximate surface area is 171 Å². The normalized spacial score (nSPS) is 13.0. The zero-order valence-electron chi connectivity index (χ0n) is 17.6. The van der Waals surface area contributed by atoms with Crippen LogP contribution >= 0.6 is 0 Å². The topological polar surface area (TPSA) is 93.5 Å². The molecule has 0 bridgehead atoms. The van der Waals surface area contributed by atoms with Gasteiger partial charge in [-0.25, -0.2) is 0 Å². The first-order valence-corrected chi connectivity index (χ1v) is 9.75. The number of non-ortho nitro benzene ring substituents is 1. The lowest BCUT2D eigenvalue weighted by molar-refractivity contribution is -0.384. The number of ether oxygens (including phenoxy) is 1. The molecular formula is C22H29N3O4. The Morgan fingerprint density at radius 3 is 2.31 bits per heavy atom. The Balaban J connectivity index is 2.16. The van der Waals surface area contributed by atoms with E-state index in [9.17, 15) is 14.9 Å². The monoisotopic (exact) mass is 399 g/mol. The van der Waals surface area contributed by atoms with Crippen LogP contribution in [0.1, 0.15) is 44.9 Å². The number of nitro benzene ring substituents is 1. The van der Waals surface area contributed by atoms with E-state index >= 15 is 0 Å². The molecule has 7 nitrogen and oxygen atoms in total. The van der Waals surface area contributed by atoms with Crippen molar-refractivity contribution in [2.75, 3.05) is 12.4 Å². The molecule has 0 aliphatic rings. The van der Waals surface area contributed by atoms with Crippen molar-refractivity contribution < 1.29 is 14.5 Å². The van der Waals surface area contributed by atoms with Crippen LogP contribution in [-0.2, 0) is 11.2 Å². The minimum Gasteiger partial charge on any atom is -0.495 e. The fourth-order valence-electron chi connectivity index (χ4n) is 3.13. The molecule has 2 N–H and O–H groups in total. The molecule has 0 radical (unpaired) electrons. The molecule has 0 fully saturated rings. The van der Waals surface area contributed by atoms with Gasteiger partial charge in [-0.05, 0) is 36.5 Å². The molecule has 0 spiro atoms. The van der Waals surface area contributed by atoms with Crippen molar-refractivity contribution in [2.45, 2.75) is 46.2 Å². The average Bonchev–Trinajstić information content (AvgIpc) is 2.71. The zero-order chi connectivity index (χ0) is 21.6. The second-order valence-electron chi connectivity index (χ2n) is 7.34. The van der Waals surface area contributed by atoms with Crippen molar-refractivity contribution in [3.63, 3.8) is 0 Å². The third-order valence-corrected chi connectivity index (χ3v) is 4.89. The molecule has 0 unspecified atom stereocenters. The van der Waals surface area contributed by atoms with Gasteiger partial charge in [-0.2, -0.15) is 0 Å². The van der Waals surface area contributed by atoms with Crippen LogP contribution in [0.4, 0.5) is 11.4 Å². The fourth-order valence-corrected chi connectivity index (χ4v) is 3.13. The van der Waals surface area contributed by atoms with E-state index in [1.807, 2.05) is 0 Å². The van der Waals surface area contributed by atoms with E-state index in [-0.39, 0.29) is 29.2 Å². The molecule has 1 amide bonds. The summed E-state index contributed by atoms with van der Waals surface area (Å²) in [6.45, 7) is 8.08. The van der Waals surface area contributed by atoms with E-state index in [2.05, 4.69) is 55.7 Å². The average molecular weight is 399 g/mol. The summed E-state index contributed by atoms with van der Waals surface area (Å²) in [5, 5.41) is 17.2. The van der Waals surface area contributed by atoms with E-state index in [1.165, 1.54) is 30.9 Å². The van der Waals surface area contributed by atoms with Gasteiger partial charge >= 0.3 is 0 Å². The second kappa shape index (κ2) is 10.0. The minimum absolute atomic E-state index is 0.00587. The first kappa shape index (κ1) is 22.4. The van der Waals surface area contributed by atoms with E-state index < -0.39 is 11.0 Å². The van der Waals surface area contributed by atoms with Crippen LogP contribution in [0.2, 0.25) is 0 Å². The molecule has 0 heterocycles. The van der Waals surface area contributed by atoms with Crippen LogP contribution in [-0.4, -0.2) is 24.0 Å². The summed E-state index contributed by atoms with van der Waals surface area (Å²) in [6.07, 6.45) is 0.976. The summed E-state index contributed by atoms with van der Waals surface area (Å²) in [5.41, 5.74) is 2.54. The fraction of sp³-hybridized carbons (Fsp3) is 0.409.